The average molecular weight is 409 g/mol. The molecule has 0 unspecified atom stereocenters. The summed E-state index contributed by atoms with van der Waals surface area (Å²) in [4.78, 5) is 30.0. The number of hydrogen-bond acceptors (Lipinski definition) is 5. The molecule has 1 atom stereocenters. The lowest BCUT2D eigenvalue weighted by Gasteiger charge is -2.15. The SMILES string of the molecule is CC(C)CNC(=O)[C@H](C)OC(=O)c1cc(-c2ccccc2)nc2c1cnn2C(C)C. The minimum Gasteiger partial charge on any atom is -0.449 e. The first-order valence-electron chi connectivity index (χ1n) is 10.2. The fourth-order valence-corrected chi connectivity index (χ4v) is 3.05. The lowest BCUT2D eigenvalue weighted by Crippen LogP contribution is -2.37. The third-order valence-corrected chi connectivity index (χ3v) is 4.68. The van der Waals surface area contributed by atoms with Crippen LogP contribution in [0.3, 0.4) is 0 Å². The van der Waals surface area contributed by atoms with Crippen LogP contribution in [0.15, 0.2) is 42.6 Å². The molecule has 0 fully saturated rings. The summed E-state index contributed by atoms with van der Waals surface area (Å²) in [5, 5.41) is 7.79. The van der Waals surface area contributed by atoms with E-state index in [1.165, 1.54) is 0 Å². The predicted octanol–water partition coefficient (Wildman–Crippen LogP) is 4.00. The number of carbonyl (C=O) groups excluding carboxylic acids is 2. The topological polar surface area (TPSA) is 86.1 Å². The van der Waals surface area contributed by atoms with Crippen molar-refractivity contribution >= 4 is 22.9 Å². The van der Waals surface area contributed by atoms with Crippen LogP contribution in [-0.2, 0) is 9.53 Å². The van der Waals surface area contributed by atoms with Crippen molar-refractivity contribution in [2.45, 2.75) is 46.8 Å². The number of pyridine rings is 1. The molecule has 0 radical (unpaired) electrons. The van der Waals surface area contributed by atoms with Crippen LogP contribution >= 0.6 is 0 Å². The summed E-state index contributed by atoms with van der Waals surface area (Å²) in [5.74, 6) is -0.578. The van der Waals surface area contributed by atoms with Crippen LogP contribution in [0.4, 0.5) is 0 Å². The minimum atomic E-state index is -0.903. The molecule has 3 rings (SSSR count). The Hall–Kier alpha value is -3.22. The second-order valence-corrected chi connectivity index (χ2v) is 8.03. The molecular formula is C23H28N4O3. The van der Waals surface area contributed by atoms with Crippen LogP contribution in [0.1, 0.15) is 51.0 Å². The summed E-state index contributed by atoms with van der Waals surface area (Å²) in [5.41, 5.74) is 2.48. The number of esters is 1. The second-order valence-electron chi connectivity index (χ2n) is 8.03. The fraction of sp³-hybridized carbons (Fsp3) is 0.391. The number of amides is 1. The van der Waals surface area contributed by atoms with Gasteiger partial charge < -0.3 is 10.1 Å². The van der Waals surface area contributed by atoms with Gasteiger partial charge in [-0.3, -0.25) is 4.79 Å². The summed E-state index contributed by atoms with van der Waals surface area (Å²) in [7, 11) is 0. The van der Waals surface area contributed by atoms with E-state index in [1.54, 1.807) is 23.9 Å². The van der Waals surface area contributed by atoms with E-state index in [4.69, 9.17) is 9.72 Å². The Balaban J connectivity index is 1.97. The van der Waals surface area contributed by atoms with Crippen LogP contribution < -0.4 is 5.32 Å². The molecular weight excluding hydrogens is 380 g/mol. The van der Waals surface area contributed by atoms with E-state index in [0.29, 0.717) is 34.8 Å². The average Bonchev–Trinajstić information content (AvgIpc) is 3.16. The molecule has 1 amide bonds. The third kappa shape index (κ3) is 4.67. The number of rotatable bonds is 7. The Morgan fingerprint density at radius 2 is 1.80 bits per heavy atom. The van der Waals surface area contributed by atoms with E-state index in [1.807, 2.05) is 58.0 Å². The minimum absolute atomic E-state index is 0.0747. The zero-order valence-electron chi connectivity index (χ0n) is 18.0. The van der Waals surface area contributed by atoms with Gasteiger partial charge in [0.2, 0.25) is 0 Å². The number of carbonyl (C=O) groups is 2. The van der Waals surface area contributed by atoms with E-state index in [9.17, 15) is 9.59 Å². The van der Waals surface area contributed by atoms with Crippen molar-refractivity contribution < 1.29 is 14.3 Å². The highest BCUT2D eigenvalue weighted by Crippen LogP contribution is 2.27. The normalized spacial score (nSPS) is 12.4. The molecule has 0 aliphatic heterocycles. The summed E-state index contributed by atoms with van der Waals surface area (Å²) < 4.78 is 7.26. The maximum atomic E-state index is 13.0. The molecule has 0 bridgehead atoms. The Morgan fingerprint density at radius 3 is 2.43 bits per heavy atom. The van der Waals surface area contributed by atoms with Crippen LogP contribution in [0, 0.1) is 5.92 Å². The van der Waals surface area contributed by atoms with Crippen LogP contribution in [-0.4, -0.2) is 39.3 Å². The summed E-state index contributed by atoms with van der Waals surface area (Å²) >= 11 is 0. The van der Waals surface area contributed by atoms with Crippen LogP contribution in [0.5, 0.6) is 0 Å². The van der Waals surface area contributed by atoms with Crippen LogP contribution in [0.2, 0.25) is 0 Å². The van der Waals surface area contributed by atoms with Gasteiger partial charge in [-0.15, -0.1) is 0 Å². The first-order chi connectivity index (χ1) is 14.3. The summed E-state index contributed by atoms with van der Waals surface area (Å²) in [6.45, 7) is 10.1. The number of aromatic nitrogens is 3. The van der Waals surface area contributed by atoms with Gasteiger partial charge in [-0.2, -0.15) is 5.10 Å². The van der Waals surface area contributed by atoms with Gasteiger partial charge in [-0.1, -0.05) is 44.2 Å². The maximum absolute atomic E-state index is 13.0. The van der Waals surface area contributed by atoms with E-state index in [0.717, 1.165) is 5.56 Å². The number of nitrogens with one attached hydrogen (secondary N) is 1. The molecule has 2 heterocycles. The quantitative estimate of drug-likeness (QED) is 0.597. The molecule has 30 heavy (non-hydrogen) atoms. The molecule has 0 aliphatic carbocycles. The summed E-state index contributed by atoms with van der Waals surface area (Å²) in [6, 6.07) is 11.4. The smallest absolute Gasteiger partial charge is 0.339 e. The van der Waals surface area contributed by atoms with Crippen molar-refractivity contribution in [3.8, 4) is 11.3 Å². The number of fused-ring (bicyclic) bond motifs is 1. The highest BCUT2D eigenvalue weighted by atomic mass is 16.5. The Morgan fingerprint density at radius 1 is 1.10 bits per heavy atom. The summed E-state index contributed by atoms with van der Waals surface area (Å²) in [6.07, 6.45) is 0.719. The Labute approximate surface area is 176 Å². The van der Waals surface area contributed by atoms with E-state index >= 15 is 0 Å². The molecule has 7 nitrogen and oxygen atoms in total. The molecule has 0 aliphatic rings. The zero-order chi connectivity index (χ0) is 21.8. The standard InChI is InChI=1S/C23H28N4O3/c1-14(2)12-24-22(28)16(5)30-23(29)18-11-20(17-9-7-6-8-10-17)26-21-19(18)13-25-27(21)15(3)4/h6-11,13-16H,12H2,1-5H3,(H,24,28)/t16-/m0/s1. The van der Waals surface area contributed by atoms with Gasteiger partial charge in [0.1, 0.15) is 0 Å². The molecule has 0 spiro atoms. The molecule has 158 valence electrons. The predicted molar refractivity (Wildman–Crippen MR) is 116 cm³/mol. The van der Waals surface area contributed by atoms with E-state index in [2.05, 4.69) is 10.4 Å². The first-order valence-corrected chi connectivity index (χ1v) is 10.2. The van der Waals surface area contributed by atoms with Gasteiger partial charge in [0.15, 0.2) is 11.8 Å². The maximum Gasteiger partial charge on any atom is 0.339 e. The fourth-order valence-electron chi connectivity index (χ4n) is 3.05. The number of nitrogens with zero attached hydrogens (tertiary/aromatic N) is 3. The van der Waals surface area contributed by atoms with E-state index in [-0.39, 0.29) is 11.9 Å². The molecule has 0 saturated carbocycles. The second kappa shape index (κ2) is 9.07. The highest BCUT2D eigenvalue weighted by molar-refractivity contribution is 6.04. The van der Waals surface area contributed by atoms with Crippen molar-refractivity contribution in [2.24, 2.45) is 5.92 Å². The molecule has 1 aromatic carbocycles. The molecule has 1 N–H and O–H groups in total. The van der Waals surface area contributed by atoms with Crippen molar-refractivity contribution in [1.29, 1.82) is 0 Å². The number of benzene rings is 1. The Bertz CT molecular complexity index is 1040. The van der Waals surface area contributed by atoms with E-state index < -0.39 is 12.1 Å². The van der Waals surface area contributed by atoms with Gasteiger partial charge >= 0.3 is 5.97 Å². The lowest BCUT2D eigenvalue weighted by atomic mass is 10.1. The molecule has 0 saturated heterocycles. The largest absolute Gasteiger partial charge is 0.449 e. The number of hydrogen-bond donors (Lipinski definition) is 1. The number of ether oxygens (including phenoxy) is 1. The van der Waals surface area contributed by atoms with Crippen molar-refractivity contribution in [3.05, 3.63) is 48.2 Å². The van der Waals surface area contributed by atoms with Crippen molar-refractivity contribution in [2.75, 3.05) is 6.54 Å². The van der Waals surface area contributed by atoms with Crippen molar-refractivity contribution in [1.82, 2.24) is 20.1 Å². The van der Waals surface area contributed by atoms with Crippen molar-refractivity contribution in [3.63, 3.8) is 0 Å². The van der Waals surface area contributed by atoms with Gasteiger partial charge in [0.05, 0.1) is 22.8 Å². The van der Waals surface area contributed by atoms with Gasteiger partial charge in [0.25, 0.3) is 5.91 Å². The lowest BCUT2D eigenvalue weighted by molar-refractivity contribution is -0.129. The van der Waals surface area contributed by atoms with Crippen LogP contribution in [0.25, 0.3) is 22.3 Å². The van der Waals surface area contributed by atoms with Gasteiger partial charge in [-0.25, -0.2) is 14.5 Å². The van der Waals surface area contributed by atoms with Gasteiger partial charge in [-0.05, 0) is 32.8 Å². The first kappa shape index (κ1) is 21.5. The molecule has 3 aromatic rings. The monoisotopic (exact) mass is 408 g/mol. The third-order valence-electron chi connectivity index (χ3n) is 4.68. The Kier molecular flexibility index (Phi) is 6.50. The highest BCUT2D eigenvalue weighted by Gasteiger charge is 2.23. The zero-order valence-corrected chi connectivity index (χ0v) is 18.0. The molecule has 7 heteroatoms. The van der Waals surface area contributed by atoms with Gasteiger partial charge in [0, 0.05) is 18.2 Å². The molecule has 2 aromatic heterocycles.